The van der Waals surface area contributed by atoms with Gasteiger partial charge in [0.15, 0.2) is 0 Å². The van der Waals surface area contributed by atoms with Crippen LogP contribution in [0.2, 0.25) is 0 Å². The monoisotopic (exact) mass is 268 g/mol. The highest BCUT2D eigenvalue weighted by molar-refractivity contribution is 7.90. The number of aliphatic hydroxyl groups is 1. The molecule has 6 heteroatoms. The van der Waals surface area contributed by atoms with Crippen molar-refractivity contribution in [1.29, 1.82) is 0 Å². The van der Waals surface area contributed by atoms with E-state index in [4.69, 9.17) is 5.11 Å². The van der Waals surface area contributed by atoms with Crippen LogP contribution in [0.5, 0.6) is 0 Å². The quantitative estimate of drug-likeness (QED) is 0.848. The molecule has 0 fully saturated rings. The number of nitrogens with zero attached hydrogens (tertiary/aromatic N) is 1. The Balaban J connectivity index is 2.42. The van der Waals surface area contributed by atoms with Gasteiger partial charge >= 0.3 is 0 Å². The number of sulfonamides is 1. The summed E-state index contributed by atoms with van der Waals surface area (Å²) in [5.74, 6) is 0.341. The first-order chi connectivity index (χ1) is 8.45. The smallest absolute Gasteiger partial charge is 0.263 e. The Bertz CT molecular complexity index is 581. The molecule has 18 heavy (non-hydrogen) atoms. The molecule has 1 aromatic rings. The molecular weight excluding hydrogens is 252 g/mol. The van der Waals surface area contributed by atoms with Gasteiger partial charge in [0.25, 0.3) is 10.0 Å². The van der Waals surface area contributed by atoms with Gasteiger partial charge in [-0.25, -0.2) is 8.42 Å². The number of aliphatic hydroxyl groups excluding tert-OH is 1. The van der Waals surface area contributed by atoms with Gasteiger partial charge in [-0.1, -0.05) is 19.1 Å². The third kappa shape index (κ3) is 2.26. The van der Waals surface area contributed by atoms with Crippen LogP contribution < -0.4 is 4.72 Å². The molecule has 1 aliphatic heterocycles. The van der Waals surface area contributed by atoms with E-state index in [-0.39, 0.29) is 23.5 Å². The normalized spacial score (nSPS) is 22.3. The van der Waals surface area contributed by atoms with E-state index >= 15 is 0 Å². The molecule has 1 aliphatic rings. The average Bonchev–Trinajstić information content (AvgIpc) is 2.61. The Kier molecular flexibility index (Phi) is 3.41. The van der Waals surface area contributed by atoms with Crippen molar-refractivity contribution in [2.45, 2.75) is 24.8 Å². The summed E-state index contributed by atoms with van der Waals surface area (Å²) in [6.45, 7) is 3.74. The first kappa shape index (κ1) is 13.0. The summed E-state index contributed by atoms with van der Waals surface area (Å²) in [5.41, 5.74) is 0.592. The Morgan fingerprint density at radius 1 is 1.33 bits per heavy atom. The number of rotatable bonds is 3. The molecule has 0 saturated carbocycles. The predicted molar refractivity (Wildman–Crippen MR) is 69.0 cm³/mol. The molecule has 0 spiro atoms. The third-order valence-corrected chi connectivity index (χ3v) is 4.50. The minimum atomic E-state index is -3.48. The van der Waals surface area contributed by atoms with Gasteiger partial charge in [-0.3, -0.25) is 9.71 Å². The third-order valence-electron chi connectivity index (χ3n) is 3.11. The molecule has 0 bridgehead atoms. The highest BCUT2D eigenvalue weighted by atomic mass is 32.2. The van der Waals surface area contributed by atoms with E-state index in [1.54, 1.807) is 24.3 Å². The van der Waals surface area contributed by atoms with E-state index in [9.17, 15) is 8.42 Å². The molecule has 0 amide bonds. The van der Waals surface area contributed by atoms with Crippen LogP contribution in [0.4, 0.5) is 0 Å². The number of benzene rings is 1. The van der Waals surface area contributed by atoms with E-state index < -0.39 is 10.0 Å². The van der Waals surface area contributed by atoms with Crippen molar-refractivity contribution in [3.05, 3.63) is 29.8 Å². The van der Waals surface area contributed by atoms with Crippen LogP contribution in [0.3, 0.4) is 0 Å². The molecule has 5 nitrogen and oxygen atoms in total. The van der Waals surface area contributed by atoms with Crippen molar-refractivity contribution in [2.75, 3.05) is 6.61 Å². The van der Waals surface area contributed by atoms with Gasteiger partial charge in [-0.05, 0) is 19.1 Å². The fourth-order valence-corrected chi connectivity index (χ4v) is 2.95. The standard InChI is InChI=1S/C12H16N2O3S/c1-8(7-15)9(2)13-12-10-5-3-4-6-11(10)18(16,17)14-12/h3-6,8-9,15H,7H2,1-2H3,(H,13,14). The zero-order valence-corrected chi connectivity index (χ0v) is 11.1. The average molecular weight is 268 g/mol. The zero-order chi connectivity index (χ0) is 13.3. The molecule has 0 saturated heterocycles. The Morgan fingerprint density at radius 2 is 2.00 bits per heavy atom. The second-order valence-electron chi connectivity index (χ2n) is 4.48. The number of nitrogens with one attached hydrogen (secondary N) is 1. The lowest BCUT2D eigenvalue weighted by atomic mass is 10.1. The Morgan fingerprint density at radius 3 is 2.67 bits per heavy atom. The highest BCUT2D eigenvalue weighted by Crippen LogP contribution is 2.23. The number of fused-ring (bicyclic) bond motifs is 1. The van der Waals surface area contributed by atoms with Crippen molar-refractivity contribution in [1.82, 2.24) is 4.72 Å². The molecule has 1 aromatic carbocycles. The Labute approximate surface area is 107 Å². The second-order valence-corrected chi connectivity index (χ2v) is 6.13. The number of aliphatic imine (C=N–C) groups is 1. The molecular formula is C12H16N2O3S. The first-order valence-corrected chi connectivity index (χ1v) is 7.25. The van der Waals surface area contributed by atoms with Gasteiger partial charge in [-0.15, -0.1) is 0 Å². The summed E-state index contributed by atoms with van der Waals surface area (Å²) >= 11 is 0. The molecule has 0 radical (unpaired) electrons. The minimum absolute atomic E-state index is 0.0187. The largest absolute Gasteiger partial charge is 0.396 e. The van der Waals surface area contributed by atoms with E-state index in [2.05, 4.69) is 9.71 Å². The van der Waals surface area contributed by atoms with Gasteiger partial charge in [0.05, 0.1) is 10.9 Å². The van der Waals surface area contributed by atoms with Crippen molar-refractivity contribution < 1.29 is 13.5 Å². The fourth-order valence-electron chi connectivity index (χ4n) is 1.71. The number of hydrogen-bond acceptors (Lipinski definition) is 4. The number of hydrogen-bond donors (Lipinski definition) is 2. The summed E-state index contributed by atoms with van der Waals surface area (Å²) in [5, 5.41) is 9.07. The molecule has 2 unspecified atom stereocenters. The van der Waals surface area contributed by atoms with Crippen molar-refractivity contribution in [3.8, 4) is 0 Å². The van der Waals surface area contributed by atoms with Crippen molar-refractivity contribution in [3.63, 3.8) is 0 Å². The van der Waals surface area contributed by atoms with Gasteiger partial charge < -0.3 is 5.11 Å². The predicted octanol–water partition coefficient (Wildman–Crippen LogP) is 0.742. The van der Waals surface area contributed by atoms with Crippen LogP contribution in [0, 0.1) is 5.92 Å². The lowest BCUT2D eigenvalue weighted by molar-refractivity contribution is 0.222. The molecule has 2 atom stereocenters. The molecule has 0 aromatic heterocycles. The topological polar surface area (TPSA) is 78.8 Å². The molecule has 2 rings (SSSR count). The maximum Gasteiger partial charge on any atom is 0.263 e. The maximum absolute atomic E-state index is 11.8. The lowest BCUT2D eigenvalue weighted by Crippen LogP contribution is -2.26. The molecule has 98 valence electrons. The zero-order valence-electron chi connectivity index (χ0n) is 10.3. The van der Waals surface area contributed by atoms with Crippen LogP contribution in [0.15, 0.2) is 34.2 Å². The van der Waals surface area contributed by atoms with Gasteiger partial charge in [0, 0.05) is 18.1 Å². The maximum atomic E-state index is 11.8. The molecule has 1 heterocycles. The second kappa shape index (κ2) is 4.70. The van der Waals surface area contributed by atoms with Gasteiger partial charge in [-0.2, -0.15) is 0 Å². The van der Waals surface area contributed by atoms with E-state index in [0.29, 0.717) is 11.4 Å². The van der Waals surface area contributed by atoms with E-state index in [1.165, 1.54) is 0 Å². The van der Waals surface area contributed by atoms with Gasteiger partial charge in [0.1, 0.15) is 5.84 Å². The lowest BCUT2D eigenvalue weighted by Gasteiger charge is -2.13. The SMILES string of the molecule is CC(CO)C(C)N=C1NS(=O)(=O)c2ccccc21. The Hall–Kier alpha value is -1.40. The summed E-state index contributed by atoms with van der Waals surface area (Å²) in [6.07, 6.45) is 0. The summed E-state index contributed by atoms with van der Waals surface area (Å²) in [6, 6.07) is 6.58. The number of amidine groups is 1. The first-order valence-electron chi connectivity index (χ1n) is 5.76. The van der Waals surface area contributed by atoms with Crippen molar-refractivity contribution in [2.24, 2.45) is 10.9 Å². The van der Waals surface area contributed by atoms with Crippen LogP contribution >= 0.6 is 0 Å². The summed E-state index contributed by atoms with van der Waals surface area (Å²) in [4.78, 5) is 4.61. The van der Waals surface area contributed by atoms with Crippen LogP contribution in [0.25, 0.3) is 0 Å². The highest BCUT2D eigenvalue weighted by Gasteiger charge is 2.30. The van der Waals surface area contributed by atoms with E-state index in [0.717, 1.165) is 0 Å². The van der Waals surface area contributed by atoms with Crippen LogP contribution in [-0.2, 0) is 10.0 Å². The van der Waals surface area contributed by atoms with Crippen molar-refractivity contribution >= 4 is 15.9 Å². The van der Waals surface area contributed by atoms with E-state index in [1.807, 2.05) is 13.8 Å². The molecule has 2 N–H and O–H groups in total. The fraction of sp³-hybridized carbons (Fsp3) is 0.417. The minimum Gasteiger partial charge on any atom is -0.396 e. The van der Waals surface area contributed by atoms with Gasteiger partial charge in [0.2, 0.25) is 0 Å². The summed E-state index contributed by atoms with van der Waals surface area (Å²) < 4.78 is 26.1. The molecule has 0 aliphatic carbocycles. The van der Waals surface area contributed by atoms with Crippen LogP contribution in [0.1, 0.15) is 19.4 Å². The van der Waals surface area contributed by atoms with Crippen LogP contribution in [-0.4, -0.2) is 32.0 Å². The summed E-state index contributed by atoms with van der Waals surface area (Å²) in [7, 11) is -3.48.